The van der Waals surface area contributed by atoms with Gasteiger partial charge in [-0.25, -0.2) is 4.89 Å². The van der Waals surface area contributed by atoms with Gasteiger partial charge in [0.15, 0.2) is 0 Å². The standard InChI is InChI=1S/CH3O3/c1-3-4-2/h1H3. The molecule has 0 aliphatic carbocycles. The van der Waals surface area contributed by atoms with Crippen LogP contribution in [0, 0.1) is 0 Å². The largest absolute Gasteiger partial charge is 0.207 e. The van der Waals surface area contributed by atoms with E-state index in [-0.39, 0.29) is 0 Å². The molecule has 3 nitrogen and oxygen atoms in total. The number of hydrogen-bond acceptors (Lipinski definition) is 2. The van der Waals surface area contributed by atoms with Crippen LogP contribution in [0.25, 0.3) is 0 Å². The Kier molecular flexibility index (Phi) is 2.79. The Labute approximate surface area is 23.6 Å². The van der Waals surface area contributed by atoms with Crippen molar-refractivity contribution in [2.45, 2.75) is 0 Å². The lowest BCUT2D eigenvalue weighted by Crippen LogP contribution is -1.71. The van der Waals surface area contributed by atoms with E-state index >= 15 is 0 Å². The van der Waals surface area contributed by atoms with Gasteiger partial charge in [-0.2, -0.15) is 0 Å². The third kappa shape index (κ3) is 1.88. The molecule has 0 saturated heterocycles. The Morgan fingerprint density at radius 1 is 1.75 bits per heavy atom. The number of rotatable bonds is 1. The van der Waals surface area contributed by atoms with Crippen molar-refractivity contribution in [1.82, 2.24) is 0 Å². The Morgan fingerprint density at radius 3 is 2.00 bits per heavy atom. The van der Waals surface area contributed by atoms with Crippen LogP contribution in [0.15, 0.2) is 0 Å². The number of hydrogen-bond donors (Lipinski definition) is 0. The van der Waals surface area contributed by atoms with Crippen molar-refractivity contribution < 1.29 is 15.2 Å². The first kappa shape index (κ1) is 3.88. The van der Waals surface area contributed by atoms with Crippen LogP contribution in [-0.4, -0.2) is 7.11 Å². The summed E-state index contributed by atoms with van der Waals surface area (Å²) in [6.45, 7) is 0. The fourth-order valence-electron chi connectivity index (χ4n) is 0. The summed E-state index contributed by atoms with van der Waals surface area (Å²) in [7, 11) is 1.15. The molecule has 0 aromatic rings. The lowest BCUT2D eigenvalue weighted by atomic mass is 11.8. The molecule has 0 atom stereocenters. The molecular formula is CH3O3. The van der Waals surface area contributed by atoms with Crippen molar-refractivity contribution in [3.8, 4) is 0 Å². The highest BCUT2D eigenvalue weighted by Gasteiger charge is 1.55. The van der Waals surface area contributed by atoms with E-state index in [1.54, 1.807) is 0 Å². The summed E-state index contributed by atoms with van der Waals surface area (Å²) in [5.74, 6) is 0. The van der Waals surface area contributed by atoms with Gasteiger partial charge < -0.3 is 0 Å². The minimum Gasteiger partial charge on any atom is -0.207 e. The highest BCUT2D eigenvalue weighted by Crippen LogP contribution is 1.53. The molecule has 0 bridgehead atoms. The maximum atomic E-state index is 8.58. The summed E-state index contributed by atoms with van der Waals surface area (Å²) >= 11 is 0. The lowest BCUT2D eigenvalue weighted by molar-refractivity contribution is -0.517. The third-order valence-corrected chi connectivity index (χ3v) is 0.0680. The fourth-order valence-corrected chi connectivity index (χ4v) is 0. The van der Waals surface area contributed by atoms with Gasteiger partial charge in [0, 0.05) is 0 Å². The molecule has 0 N–H and O–H groups in total. The zero-order valence-corrected chi connectivity index (χ0v) is 2.22. The molecule has 0 fully saturated rings. The second-order valence-corrected chi connectivity index (χ2v) is 0.235. The molecule has 0 aromatic carbocycles. The molecule has 0 aromatic heterocycles. The molecule has 0 unspecified atom stereocenters. The topological polar surface area (TPSA) is 38.4 Å². The van der Waals surface area contributed by atoms with Crippen LogP contribution in [0.3, 0.4) is 0 Å². The first-order chi connectivity index (χ1) is 1.91. The van der Waals surface area contributed by atoms with Gasteiger partial charge in [-0.05, 0) is 10.3 Å². The SMILES string of the molecule is COO[O]. The van der Waals surface area contributed by atoms with E-state index in [4.69, 9.17) is 5.26 Å². The van der Waals surface area contributed by atoms with Gasteiger partial charge in [-0.1, -0.05) is 0 Å². The fraction of sp³-hybridized carbons (Fsp3) is 1.00. The lowest BCUT2D eigenvalue weighted by Gasteiger charge is -1.70. The molecule has 0 saturated carbocycles. The Hall–Kier alpha value is -0.120. The first-order valence-corrected chi connectivity index (χ1v) is 0.742. The van der Waals surface area contributed by atoms with Gasteiger partial charge in [0.2, 0.25) is 0 Å². The second kappa shape index (κ2) is 2.88. The minimum atomic E-state index is 1.15. The molecular weight excluding hydrogens is 60.0 g/mol. The zero-order chi connectivity index (χ0) is 3.41. The van der Waals surface area contributed by atoms with Gasteiger partial charge in [0.25, 0.3) is 0 Å². The van der Waals surface area contributed by atoms with Gasteiger partial charge in [0.1, 0.15) is 0 Å². The quantitative estimate of drug-likeness (QED) is 0.315. The van der Waals surface area contributed by atoms with Crippen LogP contribution in [0.2, 0.25) is 0 Å². The summed E-state index contributed by atoms with van der Waals surface area (Å²) in [5.41, 5.74) is 0. The molecule has 1 radical (unpaired) electrons. The molecule has 25 valence electrons. The maximum Gasteiger partial charge on any atom is 0.0745 e. The monoisotopic (exact) mass is 63.0 g/mol. The minimum absolute atomic E-state index is 1.15. The van der Waals surface area contributed by atoms with E-state index in [0.29, 0.717) is 0 Å². The van der Waals surface area contributed by atoms with Crippen molar-refractivity contribution in [2.75, 3.05) is 7.11 Å². The van der Waals surface area contributed by atoms with Crippen LogP contribution >= 0.6 is 0 Å². The Bertz CT molecular complexity index is 5.25. The predicted molar refractivity (Wildman–Crippen MR) is 8.78 cm³/mol. The van der Waals surface area contributed by atoms with E-state index in [1.807, 2.05) is 0 Å². The summed E-state index contributed by atoms with van der Waals surface area (Å²) in [5, 5.41) is 11.4. The summed E-state index contributed by atoms with van der Waals surface area (Å²) in [6, 6.07) is 0. The summed E-state index contributed by atoms with van der Waals surface area (Å²) in [6.07, 6.45) is 0. The van der Waals surface area contributed by atoms with Crippen molar-refractivity contribution in [3.63, 3.8) is 0 Å². The van der Waals surface area contributed by atoms with Gasteiger partial charge in [-0.15, -0.1) is 0 Å². The van der Waals surface area contributed by atoms with Crippen molar-refractivity contribution >= 4 is 0 Å². The van der Waals surface area contributed by atoms with Crippen molar-refractivity contribution in [2.24, 2.45) is 0 Å². The molecule has 0 aliphatic rings. The smallest absolute Gasteiger partial charge is 0.0745 e. The molecule has 3 heteroatoms. The average molecular weight is 63.0 g/mol. The predicted octanol–water partition coefficient (Wildman–Crippen LogP) is -0.0901. The van der Waals surface area contributed by atoms with Gasteiger partial charge in [-0.3, -0.25) is 0 Å². The van der Waals surface area contributed by atoms with E-state index in [9.17, 15) is 0 Å². The van der Waals surface area contributed by atoms with Crippen LogP contribution in [0.5, 0.6) is 0 Å². The van der Waals surface area contributed by atoms with E-state index in [1.165, 1.54) is 0 Å². The average Bonchev–Trinajstić information content (AvgIpc) is 1.37. The molecule has 0 heterocycles. The maximum absolute atomic E-state index is 8.58. The normalized spacial score (nSPS) is 7.50. The van der Waals surface area contributed by atoms with Crippen LogP contribution in [0.1, 0.15) is 0 Å². The van der Waals surface area contributed by atoms with Crippen LogP contribution < -0.4 is 0 Å². The molecule has 0 rings (SSSR count). The highest BCUT2D eigenvalue weighted by atomic mass is 17.5. The van der Waals surface area contributed by atoms with Crippen LogP contribution in [-0.2, 0) is 15.2 Å². The highest BCUT2D eigenvalue weighted by molar-refractivity contribution is 3.34. The zero-order valence-electron chi connectivity index (χ0n) is 2.22. The summed E-state index contributed by atoms with van der Waals surface area (Å²) < 4.78 is 0. The van der Waals surface area contributed by atoms with Crippen molar-refractivity contribution in [3.05, 3.63) is 0 Å². The van der Waals surface area contributed by atoms with E-state index < -0.39 is 0 Å². The Morgan fingerprint density at radius 2 is 2.00 bits per heavy atom. The van der Waals surface area contributed by atoms with Crippen molar-refractivity contribution in [1.29, 1.82) is 0 Å². The molecule has 0 amide bonds. The van der Waals surface area contributed by atoms with E-state index in [0.717, 1.165) is 7.11 Å². The molecule has 0 aliphatic heterocycles. The first-order valence-electron chi connectivity index (χ1n) is 0.742. The van der Waals surface area contributed by atoms with Gasteiger partial charge in [0.05, 0.1) is 7.11 Å². The van der Waals surface area contributed by atoms with Crippen LogP contribution in [0.4, 0.5) is 0 Å². The molecule has 0 spiro atoms. The molecule has 4 heavy (non-hydrogen) atoms. The van der Waals surface area contributed by atoms with Gasteiger partial charge >= 0.3 is 0 Å². The Balaban J connectivity index is 1.97. The van der Waals surface area contributed by atoms with E-state index in [2.05, 4.69) is 9.93 Å². The third-order valence-electron chi connectivity index (χ3n) is 0.0680. The second-order valence-electron chi connectivity index (χ2n) is 0.235. The summed E-state index contributed by atoms with van der Waals surface area (Å²) in [4.78, 5) is 3.49.